The topological polar surface area (TPSA) is 55.8 Å². The molecule has 2 N–H and O–H groups in total. The molecule has 2 aliphatic rings. The molecule has 2 atom stereocenters. The van der Waals surface area contributed by atoms with Crippen LogP contribution < -0.4 is 10.2 Å². The molecule has 7 heteroatoms. The molecule has 1 aromatic rings. The van der Waals surface area contributed by atoms with Crippen LogP contribution in [0, 0.1) is 12.8 Å². The number of aliphatic hydroxyl groups is 1. The van der Waals surface area contributed by atoms with Crippen LogP contribution in [-0.4, -0.2) is 60.3 Å². The van der Waals surface area contributed by atoms with E-state index in [0.717, 1.165) is 69.0 Å². The number of amides is 1. The predicted octanol–water partition coefficient (Wildman–Crippen LogP) is 4.26. The lowest BCUT2D eigenvalue weighted by atomic mass is 9.84. The highest BCUT2D eigenvalue weighted by Gasteiger charge is 2.28. The van der Waals surface area contributed by atoms with Gasteiger partial charge in [0.05, 0.1) is 15.7 Å². The van der Waals surface area contributed by atoms with Gasteiger partial charge in [0.1, 0.15) is 6.10 Å². The number of aliphatic hydroxyl groups excluding tert-OH is 1. The van der Waals surface area contributed by atoms with Gasteiger partial charge >= 0.3 is 0 Å². The molecule has 0 spiro atoms. The smallest absolute Gasteiger partial charge is 0.248 e. The van der Waals surface area contributed by atoms with E-state index in [2.05, 4.69) is 28.1 Å². The number of hydrogen-bond acceptors (Lipinski definition) is 4. The molecule has 30 heavy (non-hydrogen) atoms. The van der Waals surface area contributed by atoms with Gasteiger partial charge < -0.3 is 15.3 Å². The zero-order valence-electron chi connectivity index (χ0n) is 18.3. The maximum atomic E-state index is 11.7. The molecule has 1 aromatic carbocycles. The highest BCUT2D eigenvalue weighted by atomic mass is 35.5. The Hall–Kier alpha value is -1.01. The number of carbonyl (C=O) groups excluding carboxylic acids is 1. The third-order valence-corrected chi connectivity index (χ3v) is 7.67. The lowest BCUT2D eigenvalue weighted by Crippen LogP contribution is -2.52. The molecule has 1 amide bonds. The van der Waals surface area contributed by atoms with E-state index < -0.39 is 6.10 Å². The van der Waals surface area contributed by atoms with E-state index in [0.29, 0.717) is 16.1 Å². The summed E-state index contributed by atoms with van der Waals surface area (Å²) in [6.07, 6.45) is 4.62. The number of nitrogens with zero attached hydrogens (tertiary/aromatic N) is 2. The number of anilines is 1. The summed E-state index contributed by atoms with van der Waals surface area (Å²) < 4.78 is 0. The molecular formula is C23H35Cl2N3O2. The van der Waals surface area contributed by atoms with E-state index in [1.807, 2.05) is 13.0 Å². The molecule has 0 aromatic heterocycles. The summed E-state index contributed by atoms with van der Waals surface area (Å²) in [5.74, 6) is 0.476. The molecule has 1 heterocycles. The summed E-state index contributed by atoms with van der Waals surface area (Å²) in [5, 5.41) is 13.6. The van der Waals surface area contributed by atoms with E-state index in [9.17, 15) is 9.90 Å². The van der Waals surface area contributed by atoms with Gasteiger partial charge in [-0.25, -0.2) is 0 Å². The fraction of sp³-hybridized carbons (Fsp3) is 0.696. The molecular weight excluding hydrogens is 421 g/mol. The lowest BCUT2D eigenvalue weighted by molar-refractivity contribution is -0.129. The van der Waals surface area contributed by atoms with Crippen LogP contribution in [0.25, 0.3) is 0 Å². The zero-order valence-corrected chi connectivity index (χ0v) is 19.8. The molecule has 1 aliphatic carbocycles. The summed E-state index contributed by atoms with van der Waals surface area (Å²) in [7, 11) is 0. The van der Waals surface area contributed by atoms with Gasteiger partial charge in [0.2, 0.25) is 5.91 Å². The van der Waals surface area contributed by atoms with Crippen LogP contribution in [0.5, 0.6) is 0 Å². The Kier molecular flexibility index (Phi) is 8.31. The average molecular weight is 456 g/mol. The minimum Gasteiger partial charge on any atom is -0.384 e. The monoisotopic (exact) mass is 455 g/mol. The number of halogens is 2. The van der Waals surface area contributed by atoms with Crippen LogP contribution in [0.4, 0.5) is 5.69 Å². The van der Waals surface area contributed by atoms with Gasteiger partial charge in [-0.2, -0.15) is 0 Å². The third kappa shape index (κ3) is 5.82. The van der Waals surface area contributed by atoms with E-state index in [4.69, 9.17) is 23.2 Å². The maximum absolute atomic E-state index is 11.7. The van der Waals surface area contributed by atoms with E-state index in [1.54, 1.807) is 0 Å². The fourth-order valence-corrected chi connectivity index (χ4v) is 5.21. The summed E-state index contributed by atoms with van der Waals surface area (Å²) in [5.41, 5.74) is 2.05. The molecule has 1 saturated carbocycles. The van der Waals surface area contributed by atoms with E-state index in [1.165, 1.54) is 13.3 Å². The van der Waals surface area contributed by atoms with E-state index in [-0.39, 0.29) is 11.9 Å². The Morgan fingerprint density at radius 3 is 2.53 bits per heavy atom. The minimum absolute atomic E-state index is 0.220. The van der Waals surface area contributed by atoms with Crippen LogP contribution in [0.1, 0.15) is 51.5 Å². The molecule has 1 unspecified atom stereocenters. The Bertz CT molecular complexity index is 735. The van der Waals surface area contributed by atoms with Gasteiger partial charge in [-0.15, -0.1) is 0 Å². The predicted molar refractivity (Wildman–Crippen MR) is 125 cm³/mol. The number of nitrogens with one attached hydrogen (secondary N) is 1. The van der Waals surface area contributed by atoms with Crippen LogP contribution in [0.2, 0.25) is 10.0 Å². The van der Waals surface area contributed by atoms with Crippen molar-refractivity contribution in [2.75, 3.05) is 31.1 Å². The van der Waals surface area contributed by atoms with Gasteiger partial charge in [-0.3, -0.25) is 9.69 Å². The molecule has 0 radical (unpaired) electrons. The highest BCUT2D eigenvalue weighted by molar-refractivity contribution is 6.44. The SMILES string of the molecule is Cc1ccc(N2CCN(CCC3CCC(NC(=O)C(C)O)CC3)C[C@H]2C)c(Cl)c1Cl. The standard InChI is InChI=1S/C23H35Cl2N3O2/c1-15-4-9-20(22(25)21(15)24)28-13-12-27(14-16(28)2)11-10-18-5-7-19(8-6-18)26-23(30)17(3)29/h4,9,16-19,29H,5-8,10-14H2,1-3H3,(H,26,30)/t16-,17?,18?,19?/m1/s1. The Morgan fingerprint density at radius 2 is 1.90 bits per heavy atom. The van der Waals surface area contributed by atoms with Crippen LogP contribution in [-0.2, 0) is 4.79 Å². The number of carbonyl (C=O) groups is 1. The Morgan fingerprint density at radius 1 is 1.20 bits per heavy atom. The molecule has 3 rings (SSSR count). The first-order valence-corrected chi connectivity index (χ1v) is 11.9. The van der Waals surface area contributed by atoms with Crippen molar-refractivity contribution < 1.29 is 9.90 Å². The highest BCUT2D eigenvalue weighted by Crippen LogP contribution is 2.36. The average Bonchev–Trinajstić information content (AvgIpc) is 2.72. The summed E-state index contributed by atoms with van der Waals surface area (Å²) in [6, 6.07) is 4.74. The first kappa shape index (κ1) is 23.6. The quantitative estimate of drug-likeness (QED) is 0.672. The van der Waals surface area contributed by atoms with Crippen molar-refractivity contribution in [2.24, 2.45) is 5.92 Å². The van der Waals surface area contributed by atoms with Crippen molar-refractivity contribution in [3.05, 3.63) is 27.7 Å². The molecule has 2 fully saturated rings. The lowest BCUT2D eigenvalue weighted by Gasteiger charge is -2.42. The number of hydrogen-bond donors (Lipinski definition) is 2. The molecule has 1 saturated heterocycles. The molecule has 1 aliphatic heterocycles. The number of benzene rings is 1. The first-order chi connectivity index (χ1) is 14.3. The van der Waals surface area contributed by atoms with Gasteiger partial charge in [-0.1, -0.05) is 29.3 Å². The van der Waals surface area contributed by atoms with Gasteiger partial charge in [0.25, 0.3) is 0 Å². The van der Waals surface area contributed by atoms with Crippen LogP contribution in [0.15, 0.2) is 12.1 Å². The largest absolute Gasteiger partial charge is 0.384 e. The third-order valence-electron chi connectivity index (χ3n) is 6.70. The molecule has 168 valence electrons. The maximum Gasteiger partial charge on any atom is 0.248 e. The minimum atomic E-state index is -0.922. The van der Waals surface area contributed by atoms with Gasteiger partial charge in [-0.05, 0) is 77.0 Å². The van der Waals surface area contributed by atoms with Gasteiger partial charge in [0, 0.05) is 31.7 Å². The van der Waals surface area contributed by atoms with Crippen LogP contribution in [0.3, 0.4) is 0 Å². The van der Waals surface area contributed by atoms with Crippen molar-refractivity contribution in [3.8, 4) is 0 Å². The normalized spacial score (nSPS) is 26.5. The summed E-state index contributed by atoms with van der Waals surface area (Å²) in [6.45, 7) is 9.89. The zero-order chi connectivity index (χ0) is 21.8. The van der Waals surface area contributed by atoms with Crippen molar-refractivity contribution in [1.29, 1.82) is 0 Å². The second kappa shape index (κ2) is 10.5. The Labute approximate surface area is 190 Å². The van der Waals surface area contributed by atoms with Gasteiger partial charge in [0.15, 0.2) is 0 Å². The van der Waals surface area contributed by atoms with Crippen molar-refractivity contribution in [1.82, 2.24) is 10.2 Å². The van der Waals surface area contributed by atoms with Crippen molar-refractivity contribution in [2.45, 2.75) is 71.1 Å². The van der Waals surface area contributed by atoms with Crippen LogP contribution >= 0.6 is 23.2 Å². The second-order valence-electron chi connectivity index (χ2n) is 9.06. The van der Waals surface area contributed by atoms with Crippen molar-refractivity contribution in [3.63, 3.8) is 0 Å². The number of aryl methyl sites for hydroxylation is 1. The number of piperazine rings is 1. The summed E-state index contributed by atoms with van der Waals surface area (Å²) >= 11 is 12.9. The number of rotatable bonds is 6. The first-order valence-electron chi connectivity index (χ1n) is 11.2. The molecule has 5 nitrogen and oxygen atoms in total. The molecule has 0 bridgehead atoms. The second-order valence-corrected chi connectivity index (χ2v) is 9.82. The van der Waals surface area contributed by atoms with Crippen molar-refractivity contribution >= 4 is 34.8 Å². The van der Waals surface area contributed by atoms with E-state index >= 15 is 0 Å². The summed E-state index contributed by atoms with van der Waals surface area (Å²) in [4.78, 5) is 16.6. The Balaban J connectivity index is 1.43. The fourth-order valence-electron chi connectivity index (χ4n) is 4.73.